The van der Waals surface area contributed by atoms with Gasteiger partial charge in [-0.1, -0.05) is 18.2 Å². The van der Waals surface area contributed by atoms with Crippen LogP contribution in [0.15, 0.2) is 42.5 Å². The number of fused-ring (bicyclic) bond motifs is 1. The van der Waals surface area contributed by atoms with Crippen LogP contribution in [0.4, 0.5) is 4.39 Å². The Morgan fingerprint density at radius 3 is 2.66 bits per heavy atom. The molecule has 0 saturated carbocycles. The standard InChI is InChI=1S/C21H23FN4O3/c22-15-7-4-12(5-8-15)17(23)11-18(24)21(28)25-19-3-1-2-13-10-14(20(27)26-29)6-9-16(13)19/h4-10,17,19,24,29H,1-3,11,23H2,(H,25,28)(H,26,27). The zero-order valence-electron chi connectivity index (χ0n) is 15.7. The number of amides is 2. The van der Waals surface area contributed by atoms with E-state index in [2.05, 4.69) is 5.32 Å². The molecule has 0 fully saturated rings. The summed E-state index contributed by atoms with van der Waals surface area (Å²) in [4.78, 5) is 24.1. The van der Waals surface area contributed by atoms with E-state index in [1.54, 1.807) is 35.8 Å². The first-order valence-corrected chi connectivity index (χ1v) is 9.35. The van der Waals surface area contributed by atoms with Crippen LogP contribution in [0.2, 0.25) is 0 Å². The minimum absolute atomic E-state index is 0.0344. The van der Waals surface area contributed by atoms with E-state index in [0.717, 1.165) is 30.4 Å². The van der Waals surface area contributed by atoms with Crippen molar-refractivity contribution in [1.82, 2.24) is 10.8 Å². The summed E-state index contributed by atoms with van der Waals surface area (Å²) in [6, 6.07) is 9.89. The van der Waals surface area contributed by atoms with Gasteiger partial charge in [0, 0.05) is 18.0 Å². The number of hydrogen-bond acceptors (Lipinski definition) is 5. The van der Waals surface area contributed by atoms with E-state index in [9.17, 15) is 14.0 Å². The maximum Gasteiger partial charge on any atom is 0.274 e. The Morgan fingerprint density at radius 2 is 1.97 bits per heavy atom. The lowest BCUT2D eigenvalue weighted by molar-refractivity contribution is -0.115. The molecule has 0 saturated heterocycles. The Hall–Kier alpha value is -3.10. The van der Waals surface area contributed by atoms with Gasteiger partial charge in [0.25, 0.3) is 11.8 Å². The number of halogens is 1. The van der Waals surface area contributed by atoms with Gasteiger partial charge in [0.2, 0.25) is 0 Å². The van der Waals surface area contributed by atoms with Crippen molar-refractivity contribution >= 4 is 17.5 Å². The first-order valence-electron chi connectivity index (χ1n) is 9.35. The molecule has 29 heavy (non-hydrogen) atoms. The van der Waals surface area contributed by atoms with Crippen molar-refractivity contribution in [3.05, 3.63) is 70.5 Å². The molecule has 152 valence electrons. The number of nitrogens with one attached hydrogen (secondary N) is 3. The molecule has 1 aliphatic carbocycles. The normalized spacial score (nSPS) is 16.4. The fourth-order valence-electron chi connectivity index (χ4n) is 3.56. The summed E-state index contributed by atoms with van der Waals surface area (Å²) in [5, 5.41) is 19.7. The summed E-state index contributed by atoms with van der Waals surface area (Å²) in [7, 11) is 0. The third-order valence-corrected chi connectivity index (χ3v) is 5.12. The van der Waals surface area contributed by atoms with Crippen LogP contribution < -0.4 is 16.5 Å². The quantitative estimate of drug-likeness (QED) is 0.291. The highest BCUT2D eigenvalue weighted by atomic mass is 19.1. The Morgan fingerprint density at radius 1 is 1.24 bits per heavy atom. The van der Waals surface area contributed by atoms with Crippen molar-refractivity contribution < 1.29 is 19.2 Å². The van der Waals surface area contributed by atoms with Crippen LogP contribution >= 0.6 is 0 Å². The molecule has 8 heteroatoms. The lowest BCUT2D eigenvalue weighted by Crippen LogP contribution is -2.37. The average molecular weight is 398 g/mol. The van der Waals surface area contributed by atoms with E-state index >= 15 is 0 Å². The second kappa shape index (κ2) is 8.93. The van der Waals surface area contributed by atoms with E-state index < -0.39 is 17.9 Å². The lowest BCUT2D eigenvalue weighted by atomic mass is 9.86. The molecule has 0 aliphatic heterocycles. The van der Waals surface area contributed by atoms with E-state index in [4.69, 9.17) is 16.4 Å². The highest BCUT2D eigenvalue weighted by Gasteiger charge is 2.25. The van der Waals surface area contributed by atoms with Gasteiger partial charge in [-0.05, 0) is 60.2 Å². The zero-order valence-corrected chi connectivity index (χ0v) is 15.7. The van der Waals surface area contributed by atoms with E-state index in [0.29, 0.717) is 11.1 Å². The molecule has 2 atom stereocenters. The molecule has 7 nitrogen and oxygen atoms in total. The van der Waals surface area contributed by atoms with E-state index in [1.807, 2.05) is 0 Å². The van der Waals surface area contributed by atoms with Crippen molar-refractivity contribution in [2.45, 2.75) is 37.8 Å². The first-order chi connectivity index (χ1) is 13.9. The van der Waals surface area contributed by atoms with Crippen LogP contribution in [0.5, 0.6) is 0 Å². The van der Waals surface area contributed by atoms with Gasteiger partial charge in [-0.15, -0.1) is 0 Å². The van der Waals surface area contributed by atoms with Gasteiger partial charge in [0.1, 0.15) is 5.82 Å². The molecule has 2 aromatic carbocycles. The van der Waals surface area contributed by atoms with Gasteiger partial charge in [-0.25, -0.2) is 9.87 Å². The summed E-state index contributed by atoms with van der Waals surface area (Å²) >= 11 is 0. The molecule has 6 N–H and O–H groups in total. The number of carbonyl (C=O) groups excluding carboxylic acids is 2. The molecule has 2 aromatic rings. The Balaban J connectivity index is 1.65. The van der Waals surface area contributed by atoms with E-state index in [-0.39, 0.29) is 24.0 Å². The maximum absolute atomic E-state index is 13.0. The fraction of sp³-hybridized carbons (Fsp3) is 0.286. The molecule has 3 rings (SSSR count). The number of benzene rings is 2. The minimum Gasteiger partial charge on any atom is -0.344 e. The smallest absolute Gasteiger partial charge is 0.274 e. The topological polar surface area (TPSA) is 128 Å². The number of hydrogen-bond donors (Lipinski definition) is 5. The van der Waals surface area contributed by atoms with Crippen LogP contribution in [0.25, 0.3) is 0 Å². The van der Waals surface area contributed by atoms with Crippen LogP contribution in [0, 0.1) is 11.2 Å². The lowest BCUT2D eigenvalue weighted by Gasteiger charge is -2.27. The van der Waals surface area contributed by atoms with Gasteiger partial charge in [0.05, 0.1) is 11.8 Å². The highest BCUT2D eigenvalue weighted by Crippen LogP contribution is 2.30. The molecule has 2 unspecified atom stereocenters. The van der Waals surface area contributed by atoms with Gasteiger partial charge < -0.3 is 11.1 Å². The molecular formula is C21H23FN4O3. The van der Waals surface area contributed by atoms with Crippen LogP contribution in [0.3, 0.4) is 0 Å². The molecule has 0 bridgehead atoms. The van der Waals surface area contributed by atoms with Crippen LogP contribution in [0.1, 0.15) is 58.4 Å². The summed E-state index contributed by atoms with van der Waals surface area (Å²) in [6.45, 7) is 0. The van der Waals surface area contributed by atoms with Crippen molar-refractivity contribution in [3.8, 4) is 0 Å². The molecule has 0 aromatic heterocycles. The number of nitrogens with two attached hydrogens (primary N) is 1. The van der Waals surface area contributed by atoms with Crippen molar-refractivity contribution in [2.75, 3.05) is 0 Å². The van der Waals surface area contributed by atoms with Gasteiger partial charge in [-0.3, -0.25) is 20.2 Å². The third kappa shape index (κ3) is 4.85. The third-order valence-electron chi connectivity index (χ3n) is 5.12. The number of carbonyl (C=O) groups is 2. The SMILES string of the molecule is N=C(CC(N)c1ccc(F)cc1)C(=O)NC1CCCc2cc(C(=O)NO)ccc21. The maximum atomic E-state index is 13.0. The second-order valence-corrected chi connectivity index (χ2v) is 7.11. The summed E-state index contributed by atoms with van der Waals surface area (Å²) in [5.41, 5.74) is 10.3. The monoisotopic (exact) mass is 398 g/mol. The number of aryl methyl sites for hydroxylation is 1. The molecule has 1 aliphatic rings. The Labute approximate surface area is 167 Å². The largest absolute Gasteiger partial charge is 0.344 e. The van der Waals surface area contributed by atoms with E-state index in [1.165, 1.54) is 12.1 Å². The summed E-state index contributed by atoms with van der Waals surface area (Å²) in [6.07, 6.45) is 2.35. The van der Waals surface area contributed by atoms with Crippen LogP contribution in [-0.2, 0) is 11.2 Å². The van der Waals surface area contributed by atoms with Gasteiger partial charge in [0.15, 0.2) is 0 Å². The number of hydroxylamine groups is 1. The molecule has 0 radical (unpaired) electrons. The molecule has 2 amide bonds. The predicted molar refractivity (Wildman–Crippen MR) is 105 cm³/mol. The minimum atomic E-state index is -0.587. The van der Waals surface area contributed by atoms with Crippen LogP contribution in [-0.4, -0.2) is 22.7 Å². The van der Waals surface area contributed by atoms with Crippen molar-refractivity contribution in [1.29, 1.82) is 5.41 Å². The molecule has 0 heterocycles. The fourth-order valence-corrected chi connectivity index (χ4v) is 3.56. The van der Waals surface area contributed by atoms with Gasteiger partial charge in [-0.2, -0.15) is 0 Å². The Bertz CT molecular complexity index is 930. The van der Waals surface area contributed by atoms with Gasteiger partial charge >= 0.3 is 0 Å². The zero-order chi connectivity index (χ0) is 21.0. The molecular weight excluding hydrogens is 375 g/mol. The Kier molecular flexibility index (Phi) is 6.36. The average Bonchev–Trinajstić information content (AvgIpc) is 2.73. The van der Waals surface area contributed by atoms with Crippen molar-refractivity contribution in [2.24, 2.45) is 5.73 Å². The predicted octanol–water partition coefficient (Wildman–Crippen LogP) is 2.55. The molecule has 0 spiro atoms. The van der Waals surface area contributed by atoms with Crippen molar-refractivity contribution in [3.63, 3.8) is 0 Å². The number of rotatable bonds is 6. The summed E-state index contributed by atoms with van der Waals surface area (Å²) < 4.78 is 13.0. The first kappa shape index (κ1) is 20.6. The summed E-state index contributed by atoms with van der Waals surface area (Å²) in [5.74, 6) is -1.46. The second-order valence-electron chi connectivity index (χ2n) is 7.11. The highest BCUT2D eigenvalue weighted by molar-refractivity contribution is 6.37.